The Labute approximate surface area is 124 Å². The Kier molecular flexibility index (Phi) is 5.10. The molecule has 0 fully saturated rings. The van der Waals surface area contributed by atoms with Crippen LogP contribution in [0.2, 0.25) is 0 Å². The Hall–Kier alpha value is -2.62. The molecule has 0 heterocycles. The van der Waals surface area contributed by atoms with E-state index in [2.05, 4.69) is 10.3 Å². The molecule has 1 atom stereocenters. The molecule has 4 heteroatoms. The first-order valence-electron chi connectivity index (χ1n) is 6.82. The number of rotatable bonds is 4. The molecule has 0 radical (unpaired) electrons. The molecule has 0 aliphatic heterocycles. The summed E-state index contributed by atoms with van der Waals surface area (Å²) in [4.78, 5) is 16.2. The quantitative estimate of drug-likeness (QED) is 0.665. The van der Waals surface area contributed by atoms with E-state index >= 15 is 0 Å². The molecule has 0 aliphatic carbocycles. The predicted octanol–water partition coefficient (Wildman–Crippen LogP) is 2.07. The third-order valence-corrected chi connectivity index (χ3v) is 3.29. The fraction of sp³-hybridized carbons (Fsp3) is 0.176. The van der Waals surface area contributed by atoms with Crippen LogP contribution in [0.4, 0.5) is 0 Å². The topological polar surface area (TPSA) is 67.5 Å². The number of carbonyl (C=O) groups is 1. The minimum absolute atomic E-state index is 0.133. The first-order valence-corrected chi connectivity index (χ1v) is 6.82. The summed E-state index contributed by atoms with van der Waals surface area (Å²) in [7, 11) is 1.55. The van der Waals surface area contributed by atoms with Gasteiger partial charge in [0.2, 0.25) is 5.91 Å². The highest BCUT2D eigenvalue weighted by Crippen LogP contribution is 2.21. The number of hydrogen-bond acceptors (Lipinski definition) is 2. The zero-order chi connectivity index (χ0) is 15.1. The highest BCUT2D eigenvalue weighted by Gasteiger charge is 2.21. The molecule has 108 valence electrons. The molecule has 0 saturated heterocycles. The third kappa shape index (κ3) is 4.18. The smallest absolute Gasteiger partial charge is 0.234 e. The van der Waals surface area contributed by atoms with Crippen LogP contribution in [0.1, 0.15) is 17.0 Å². The number of aliphatic imine (C=N–C) groups is 1. The van der Waals surface area contributed by atoms with Crippen molar-refractivity contribution in [1.82, 2.24) is 5.32 Å². The lowest BCUT2D eigenvalue weighted by Gasteiger charge is -2.17. The van der Waals surface area contributed by atoms with Crippen molar-refractivity contribution < 1.29 is 4.79 Å². The molecule has 0 aliphatic rings. The van der Waals surface area contributed by atoms with Crippen LogP contribution in [0, 0.1) is 0 Å². The number of benzene rings is 2. The normalized spacial score (nSPS) is 12.7. The second-order valence-electron chi connectivity index (χ2n) is 4.75. The first kappa shape index (κ1) is 14.8. The number of hydrogen-bond donors (Lipinski definition) is 2. The summed E-state index contributed by atoms with van der Waals surface area (Å²) in [5, 5.41) is 2.64. The second-order valence-corrected chi connectivity index (χ2v) is 4.75. The van der Waals surface area contributed by atoms with E-state index in [1.807, 2.05) is 60.7 Å². The van der Waals surface area contributed by atoms with E-state index in [0.29, 0.717) is 6.42 Å². The summed E-state index contributed by atoms with van der Waals surface area (Å²) in [6, 6.07) is 19.6. The van der Waals surface area contributed by atoms with Gasteiger partial charge in [0.05, 0.1) is 5.92 Å². The molecule has 3 N–H and O–H groups in total. The number of guanidine groups is 1. The molecule has 1 unspecified atom stereocenters. The van der Waals surface area contributed by atoms with Crippen molar-refractivity contribution in [2.24, 2.45) is 10.7 Å². The van der Waals surface area contributed by atoms with Crippen LogP contribution in [0.5, 0.6) is 0 Å². The Morgan fingerprint density at radius 1 is 1.10 bits per heavy atom. The van der Waals surface area contributed by atoms with E-state index in [-0.39, 0.29) is 17.8 Å². The summed E-state index contributed by atoms with van der Waals surface area (Å²) in [5.74, 6) is -0.309. The van der Waals surface area contributed by atoms with E-state index in [0.717, 1.165) is 11.1 Å². The summed E-state index contributed by atoms with van der Waals surface area (Å²) < 4.78 is 0. The number of nitrogens with one attached hydrogen (secondary N) is 1. The Morgan fingerprint density at radius 2 is 1.67 bits per heavy atom. The number of nitrogens with zero attached hydrogens (tertiary/aromatic N) is 1. The Morgan fingerprint density at radius 3 is 2.24 bits per heavy atom. The fourth-order valence-corrected chi connectivity index (χ4v) is 2.17. The first-order chi connectivity index (χ1) is 10.2. The maximum Gasteiger partial charge on any atom is 0.234 e. The molecular weight excluding hydrogens is 262 g/mol. The van der Waals surface area contributed by atoms with Crippen molar-refractivity contribution in [3.05, 3.63) is 71.8 Å². The van der Waals surface area contributed by atoms with Crippen LogP contribution in [0.15, 0.2) is 65.7 Å². The molecule has 0 spiro atoms. The van der Waals surface area contributed by atoms with Crippen LogP contribution in [0.3, 0.4) is 0 Å². The molecule has 0 saturated carbocycles. The van der Waals surface area contributed by atoms with Gasteiger partial charge in [0.15, 0.2) is 5.96 Å². The summed E-state index contributed by atoms with van der Waals surface area (Å²) >= 11 is 0. The number of carbonyl (C=O) groups excluding carboxylic acids is 1. The second kappa shape index (κ2) is 7.24. The van der Waals surface area contributed by atoms with Crippen molar-refractivity contribution in [2.45, 2.75) is 12.3 Å². The average Bonchev–Trinajstić information content (AvgIpc) is 2.54. The summed E-state index contributed by atoms with van der Waals surface area (Å²) in [6.45, 7) is 0. The minimum Gasteiger partial charge on any atom is -0.370 e. The molecule has 1 amide bonds. The molecule has 4 nitrogen and oxygen atoms in total. The average molecular weight is 281 g/mol. The van der Waals surface area contributed by atoms with Crippen LogP contribution >= 0.6 is 0 Å². The zero-order valence-electron chi connectivity index (χ0n) is 12.0. The predicted molar refractivity (Wildman–Crippen MR) is 85.0 cm³/mol. The highest BCUT2D eigenvalue weighted by atomic mass is 16.2. The van der Waals surface area contributed by atoms with Gasteiger partial charge < -0.3 is 5.73 Å². The number of amides is 1. The van der Waals surface area contributed by atoms with E-state index in [4.69, 9.17) is 5.73 Å². The van der Waals surface area contributed by atoms with Gasteiger partial charge in [-0.3, -0.25) is 15.1 Å². The SMILES string of the molecule is CN=C(N)NC(=O)C(Cc1ccccc1)c1ccccc1. The van der Waals surface area contributed by atoms with Gasteiger partial charge in [0, 0.05) is 7.05 Å². The molecule has 0 bridgehead atoms. The van der Waals surface area contributed by atoms with E-state index in [1.54, 1.807) is 7.05 Å². The van der Waals surface area contributed by atoms with Crippen molar-refractivity contribution in [3.63, 3.8) is 0 Å². The monoisotopic (exact) mass is 281 g/mol. The van der Waals surface area contributed by atoms with Crippen molar-refractivity contribution >= 4 is 11.9 Å². The van der Waals surface area contributed by atoms with E-state index in [1.165, 1.54) is 0 Å². The zero-order valence-corrected chi connectivity index (χ0v) is 12.0. The lowest BCUT2D eigenvalue weighted by Crippen LogP contribution is -2.40. The van der Waals surface area contributed by atoms with Crippen molar-refractivity contribution in [1.29, 1.82) is 0 Å². The number of nitrogens with two attached hydrogens (primary N) is 1. The molecule has 2 aromatic rings. The molecule has 21 heavy (non-hydrogen) atoms. The van der Waals surface area contributed by atoms with Gasteiger partial charge in [-0.15, -0.1) is 0 Å². The van der Waals surface area contributed by atoms with Crippen molar-refractivity contribution in [3.8, 4) is 0 Å². The Balaban J connectivity index is 2.24. The van der Waals surface area contributed by atoms with Gasteiger partial charge in [0.25, 0.3) is 0 Å². The standard InChI is InChI=1S/C17H19N3O/c1-19-17(18)20-16(21)15(14-10-6-3-7-11-14)12-13-8-4-2-5-9-13/h2-11,15H,12H2,1H3,(H3,18,19,20,21). The lowest BCUT2D eigenvalue weighted by atomic mass is 9.91. The van der Waals surface area contributed by atoms with Crippen molar-refractivity contribution in [2.75, 3.05) is 7.05 Å². The largest absolute Gasteiger partial charge is 0.370 e. The van der Waals surface area contributed by atoms with Crippen LogP contribution < -0.4 is 11.1 Å². The van der Waals surface area contributed by atoms with Gasteiger partial charge in [0.1, 0.15) is 0 Å². The molecule has 2 aromatic carbocycles. The summed E-state index contributed by atoms with van der Waals surface area (Å²) in [5.41, 5.74) is 7.67. The van der Waals surface area contributed by atoms with E-state index < -0.39 is 0 Å². The fourth-order valence-electron chi connectivity index (χ4n) is 2.17. The van der Waals surface area contributed by atoms with Crippen LogP contribution in [-0.2, 0) is 11.2 Å². The van der Waals surface area contributed by atoms with Gasteiger partial charge in [-0.1, -0.05) is 60.7 Å². The van der Waals surface area contributed by atoms with Crippen LogP contribution in [-0.4, -0.2) is 18.9 Å². The van der Waals surface area contributed by atoms with E-state index in [9.17, 15) is 4.79 Å². The highest BCUT2D eigenvalue weighted by molar-refractivity contribution is 5.99. The van der Waals surface area contributed by atoms with Gasteiger partial charge in [-0.2, -0.15) is 0 Å². The third-order valence-electron chi connectivity index (χ3n) is 3.29. The summed E-state index contributed by atoms with van der Waals surface area (Å²) in [6.07, 6.45) is 0.619. The minimum atomic E-state index is -0.297. The molecule has 0 aromatic heterocycles. The van der Waals surface area contributed by atoms with Crippen LogP contribution in [0.25, 0.3) is 0 Å². The lowest BCUT2D eigenvalue weighted by molar-refractivity contribution is -0.121. The molecular formula is C17H19N3O. The maximum atomic E-state index is 12.4. The van der Waals surface area contributed by atoms with Gasteiger partial charge in [-0.05, 0) is 17.5 Å². The van der Waals surface area contributed by atoms with Gasteiger partial charge in [-0.25, -0.2) is 0 Å². The van der Waals surface area contributed by atoms with Gasteiger partial charge >= 0.3 is 0 Å². The molecule has 2 rings (SSSR count). The maximum absolute atomic E-state index is 12.4. The Bertz CT molecular complexity index is 608.